The smallest absolute Gasteiger partial charge is 0.229 e. The number of nitrogens with one attached hydrogen (secondary N) is 3. The van der Waals surface area contributed by atoms with Gasteiger partial charge in [-0.15, -0.1) is 0 Å². The number of hydrogen-bond acceptors (Lipinski definition) is 7. The molecule has 8 nitrogen and oxygen atoms in total. The van der Waals surface area contributed by atoms with E-state index < -0.39 is 0 Å². The molecule has 3 aromatic rings. The molecular weight excluding hydrogens is 416 g/mol. The normalized spacial score (nSPS) is 13.9. The van der Waals surface area contributed by atoms with E-state index in [0.717, 1.165) is 60.1 Å². The van der Waals surface area contributed by atoms with Gasteiger partial charge in [0, 0.05) is 42.8 Å². The molecule has 1 aliphatic rings. The van der Waals surface area contributed by atoms with Gasteiger partial charge in [0.2, 0.25) is 11.9 Å². The summed E-state index contributed by atoms with van der Waals surface area (Å²) in [6, 6.07) is 15.5. The van der Waals surface area contributed by atoms with Gasteiger partial charge in [0.1, 0.15) is 17.7 Å². The zero-order valence-corrected chi connectivity index (χ0v) is 19.3. The number of carbonyl (C=O) groups excluding carboxylic acids is 1. The van der Waals surface area contributed by atoms with E-state index in [1.807, 2.05) is 67.4 Å². The summed E-state index contributed by atoms with van der Waals surface area (Å²) in [6.45, 7) is 5.47. The lowest BCUT2D eigenvalue weighted by atomic mass is 10.1. The Morgan fingerprint density at radius 1 is 1.12 bits per heavy atom. The van der Waals surface area contributed by atoms with E-state index in [-0.39, 0.29) is 12.0 Å². The highest BCUT2D eigenvalue weighted by Gasteiger charge is 2.15. The van der Waals surface area contributed by atoms with Gasteiger partial charge >= 0.3 is 0 Å². The number of anilines is 5. The molecule has 4 rings (SSSR count). The lowest BCUT2D eigenvalue weighted by Crippen LogP contribution is -2.34. The summed E-state index contributed by atoms with van der Waals surface area (Å²) < 4.78 is 6.08. The van der Waals surface area contributed by atoms with Crippen molar-refractivity contribution in [2.45, 2.75) is 32.8 Å². The van der Waals surface area contributed by atoms with Crippen LogP contribution in [0.1, 0.15) is 25.3 Å². The number of hydrogen-bond donors (Lipinski definition) is 3. The van der Waals surface area contributed by atoms with Crippen LogP contribution in [0.5, 0.6) is 5.75 Å². The van der Waals surface area contributed by atoms with Crippen LogP contribution in [-0.4, -0.2) is 42.1 Å². The highest BCUT2D eigenvalue weighted by Crippen LogP contribution is 2.28. The summed E-state index contributed by atoms with van der Waals surface area (Å²) in [5.41, 5.74) is 3.48. The maximum atomic E-state index is 11.4. The molecule has 0 atom stereocenters. The fourth-order valence-corrected chi connectivity index (χ4v) is 3.80. The number of piperidine rings is 1. The summed E-state index contributed by atoms with van der Waals surface area (Å²) >= 11 is 0. The minimum Gasteiger partial charge on any atom is -0.490 e. The Morgan fingerprint density at radius 3 is 2.61 bits per heavy atom. The molecule has 0 unspecified atom stereocenters. The molecule has 33 heavy (non-hydrogen) atoms. The third kappa shape index (κ3) is 5.98. The minimum atomic E-state index is -0.105. The number of nitrogens with zero attached hydrogens (tertiary/aromatic N) is 3. The number of aryl methyl sites for hydroxylation is 1. The number of ether oxygens (including phenoxy) is 1. The van der Waals surface area contributed by atoms with E-state index in [1.165, 1.54) is 6.92 Å². The molecule has 1 saturated heterocycles. The van der Waals surface area contributed by atoms with Crippen molar-refractivity contribution in [3.63, 3.8) is 0 Å². The molecule has 2 heterocycles. The largest absolute Gasteiger partial charge is 0.490 e. The second-order valence-corrected chi connectivity index (χ2v) is 8.21. The van der Waals surface area contributed by atoms with Crippen molar-refractivity contribution in [1.82, 2.24) is 15.3 Å². The molecule has 3 N–H and O–H groups in total. The van der Waals surface area contributed by atoms with Crippen LogP contribution in [0.2, 0.25) is 0 Å². The number of rotatable bonds is 7. The standard InChI is InChI=1S/C25H30N6O2/c1-17-16-27-25(29-19-7-9-22(10-8-19)33-23-11-13-26-14-12-23)30-24(17)31(3)21-6-4-5-20(15-21)28-18(2)32/h4-10,15-16,23,26H,11-14H2,1-3H3,(H,28,32)(H,27,29,30). The van der Waals surface area contributed by atoms with Crippen molar-refractivity contribution in [2.24, 2.45) is 0 Å². The Kier molecular flexibility index (Phi) is 7.04. The van der Waals surface area contributed by atoms with Crippen molar-refractivity contribution in [2.75, 3.05) is 35.7 Å². The van der Waals surface area contributed by atoms with E-state index in [2.05, 4.69) is 20.9 Å². The van der Waals surface area contributed by atoms with Gasteiger partial charge < -0.3 is 25.6 Å². The summed E-state index contributed by atoms with van der Waals surface area (Å²) in [4.78, 5) is 22.5. The van der Waals surface area contributed by atoms with Crippen molar-refractivity contribution in [3.05, 3.63) is 60.3 Å². The minimum absolute atomic E-state index is 0.105. The first-order valence-electron chi connectivity index (χ1n) is 11.2. The van der Waals surface area contributed by atoms with Gasteiger partial charge in [0.15, 0.2) is 0 Å². The lowest BCUT2D eigenvalue weighted by Gasteiger charge is -2.24. The molecular formula is C25H30N6O2. The predicted molar refractivity (Wildman–Crippen MR) is 132 cm³/mol. The Balaban J connectivity index is 1.46. The van der Waals surface area contributed by atoms with Gasteiger partial charge in [-0.05, 0) is 75.3 Å². The molecule has 0 saturated carbocycles. The van der Waals surface area contributed by atoms with Crippen LogP contribution < -0.4 is 25.6 Å². The highest BCUT2D eigenvalue weighted by molar-refractivity contribution is 5.89. The molecule has 2 aromatic carbocycles. The van der Waals surface area contributed by atoms with Crippen LogP contribution in [0.3, 0.4) is 0 Å². The molecule has 1 amide bonds. The quantitative estimate of drug-likeness (QED) is 0.496. The van der Waals surface area contributed by atoms with Crippen LogP contribution >= 0.6 is 0 Å². The van der Waals surface area contributed by atoms with Crippen LogP contribution in [0, 0.1) is 6.92 Å². The molecule has 1 aliphatic heterocycles. The summed E-state index contributed by atoms with van der Waals surface area (Å²) in [6.07, 6.45) is 4.13. The van der Waals surface area contributed by atoms with Gasteiger partial charge in [-0.1, -0.05) is 6.07 Å². The second kappa shape index (κ2) is 10.3. The molecule has 0 radical (unpaired) electrons. The van der Waals surface area contributed by atoms with Crippen LogP contribution in [0.15, 0.2) is 54.7 Å². The average Bonchev–Trinajstić information content (AvgIpc) is 2.81. The third-order valence-electron chi connectivity index (χ3n) is 5.52. The topological polar surface area (TPSA) is 91.4 Å². The van der Waals surface area contributed by atoms with Crippen LogP contribution in [0.4, 0.5) is 28.8 Å². The highest BCUT2D eigenvalue weighted by atomic mass is 16.5. The molecule has 1 fully saturated rings. The summed E-state index contributed by atoms with van der Waals surface area (Å²) in [7, 11) is 1.94. The fraction of sp³-hybridized carbons (Fsp3) is 0.320. The molecule has 172 valence electrons. The summed E-state index contributed by atoms with van der Waals surface area (Å²) in [5.74, 6) is 2.05. The average molecular weight is 447 g/mol. The Morgan fingerprint density at radius 2 is 1.88 bits per heavy atom. The Labute approximate surface area is 194 Å². The molecule has 0 spiro atoms. The molecule has 1 aromatic heterocycles. The first-order valence-corrected chi connectivity index (χ1v) is 11.2. The lowest BCUT2D eigenvalue weighted by molar-refractivity contribution is -0.114. The van der Waals surface area contributed by atoms with Gasteiger partial charge in [0.25, 0.3) is 0 Å². The Bertz CT molecular complexity index is 1100. The SMILES string of the molecule is CC(=O)Nc1cccc(N(C)c2nc(Nc3ccc(OC4CCNCC4)cc3)ncc2C)c1. The maximum Gasteiger partial charge on any atom is 0.229 e. The van der Waals surface area contributed by atoms with Crippen molar-refractivity contribution in [1.29, 1.82) is 0 Å². The van der Waals surface area contributed by atoms with E-state index in [9.17, 15) is 4.79 Å². The van der Waals surface area contributed by atoms with Gasteiger partial charge in [-0.3, -0.25) is 4.79 Å². The second-order valence-electron chi connectivity index (χ2n) is 8.21. The monoisotopic (exact) mass is 446 g/mol. The molecule has 0 bridgehead atoms. The summed E-state index contributed by atoms with van der Waals surface area (Å²) in [5, 5.41) is 9.44. The third-order valence-corrected chi connectivity index (χ3v) is 5.52. The van der Waals surface area contributed by atoms with E-state index in [4.69, 9.17) is 9.72 Å². The number of carbonyl (C=O) groups is 1. The zero-order valence-electron chi connectivity index (χ0n) is 19.3. The zero-order chi connectivity index (χ0) is 23.2. The van der Waals surface area contributed by atoms with Gasteiger partial charge in [-0.2, -0.15) is 4.98 Å². The fourth-order valence-electron chi connectivity index (χ4n) is 3.80. The molecule has 0 aliphatic carbocycles. The first-order chi connectivity index (χ1) is 16.0. The van der Waals surface area contributed by atoms with Crippen molar-refractivity contribution < 1.29 is 9.53 Å². The predicted octanol–water partition coefficient (Wildman–Crippen LogP) is 4.39. The van der Waals surface area contributed by atoms with Crippen molar-refractivity contribution in [3.8, 4) is 5.75 Å². The van der Waals surface area contributed by atoms with E-state index >= 15 is 0 Å². The van der Waals surface area contributed by atoms with Crippen LogP contribution in [0.25, 0.3) is 0 Å². The number of benzene rings is 2. The molecule has 8 heteroatoms. The van der Waals surface area contributed by atoms with Crippen molar-refractivity contribution >= 4 is 34.7 Å². The van der Waals surface area contributed by atoms with Gasteiger partial charge in [0.05, 0.1) is 0 Å². The first kappa shape index (κ1) is 22.5. The van der Waals surface area contributed by atoms with E-state index in [1.54, 1.807) is 6.20 Å². The Hall–Kier alpha value is -3.65. The maximum absolute atomic E-state index is 11.4. The van der Waals surface area contributed by atoms with Crippen LogP contribution in [-0.2, 0) is 4.79 Å². The van der Waals surface area contributed by atoms with Gasteiger partial charge in [-0.25, -0.2) is 4.98 Å². The van der Waals surface area contributed by atoms with E-state index in [0.29, 0.717) is 5.95 Å². The number of aromatic nitrogens is 2. The number of amides is 1.